The number of tetrazole rings is 1. The first-order valence-corrected chi connectivity index (χ1v) is 7.22. The fourth-order valence-corrected chi connectivity index (χ4v) is 2.92. The van der Waals surface area contributed by atoms with E-state index in [1.165, 1.54) is 9.70 Å². The largest absolute Gasteiger partial charge is 0.418 e. The molecule has 20 heavy (non-hydrogen) atoms. The second kappa shape index (κ2) is 4.36. The maximum Gasteiger partial charge on any atom is 0.418 e. The van der Waals surface area contributed by atoms with E-state index in [9.17, 15) is 13.2 Å². The van der Waals surface area contributed by atoms with Crippen LogP contribution in [0.15, 0.2) is 0 Å². The van der Waals surface area contributed by atoms with Crippen LogP contribution in [-0.2, 0) is 21.7 Å². The van der Waals surface area contributed by atoms with Crippen LogP contribution in [0.2, 0.25) is 0 Å². The average Bonchev–Trinajstić information content (AvgIpc) is 2.88. The summed E-state index contributed by atoms with van der Waals surface area (Å²) in [6, 6.07) is -1.43. The van der Waals surface area contributed by atoms with Crippen LogP contribution >= 0.6 is 0 Å². The topological polar surface area (TPSA) is 131 Å². The molecule has 3 rings (SSSR count). The van der Waals surface area contributed by atoms with Crippen LogP contribution < -0.4 is 0 Å². The number of hydroxylamine groups is 2. The first kappa shape index (κ1) is 13.2. The Morgan fingerprint density at radius 2 is 2.15 bits per heavy atom. The average molecular weight is 304 g/mol. The Kier molecular flexibility index (Phi) is 2.88. The smallest absolute Gasteiger partial charge is 0.310 e. The van der Waals surface area contributed by atoms with Crippen molar-refractivity contribution in [2.45, 2.75) is 24.9 Å². The van der Waals surface area contributed by atoms with Crippen LogP contribution in [0.5, 0.6) is 0 Å². The zero-order valence-corrected chi connectivity index (χ0v) is 11.3. The van der Waals surface area contributed by atoms with Gasteiger partial charge >= 0.3 is 16.4 Å². The molecule has 0 aliphatic carbocycles. The minimum Gasteiger partial charge on any atom is -0.310 e. The second-order valence-corrected chi connectivity index (χ2v) is 5.65. The van der Waals surface area contributed by atoms with Gasteiger partial charge in [0.05, 0.1) is 19.1 Å². The van der Waals surface area contributed by atoms with Crippen molar-refractivity contribution in [3.8, 4) is 0 Å². The summed E-state index contributed by atoms with van der Waals surface area (Å²) in [5, 5.41) is 12.3. The molecular weight excluding hydrogens is 292 g/mol. The van der Waals surface area contributed by atoms with E-state index in [1.54, 1.807) is 7.05 Å². The summed E-state index contributed by atoms with van der Waals surface area (Å²) < 4.78 is 34.5. The van der Waals surface area contributed by atoms with Gasteiger partial charge in [0.25, 0.3) is 0 Å². The van der Waals surface area contributed by atoms with Crippen LogP contribution in [0.1, 0.15) is 24.7 Å². The fraction of sp³-hybridized carbons (Fsp3) is 0.750. The zero-order chi connectivity index (χ0) is 14.5. The number of carbonyl (C=O) groups excluding carboxylic acids is 1. The van der Waals surface area contributed by atoms with Crippen molar-refractivity contribution < 1.29 is 22.0 Å². The first-order chi connectivity index (χ1) is 9.35. The number of amides is 2. The number of aryl methyl sites for hydroxylation is 1. The number of nitrogens with zero attached hydrogens (tertiary/aromatic N) is 6. The Hall–Kier alpha value is -1.79. The van der Waals surface area contributed by atoms with E-state index in [-0.39, 0.29) is 12.6 Å². The molecule has 3 heterocycles. The van der Waals surface area contributed by atoms with Crippen molar-refractivity contribution in [2.75, 3.05) is 6.54 Å². The van der Waals surface area contributed by atoms with Crippen molar-refractivity contribution in [1.82, 2.24) is 30.2 Å². The van der Waals surface area contributed by atoms with Gasteiger partial charge in [0, 0.05) is 6.54 Å². The van der Waals surface area contributed by atoms with Crippen LogP contribution in [0.3, 0.4) is 0 Å². The summed E-state index contributed by atoms with van der Waals surface area (Å²) in [7, 11) is -3.11. The van der Waals surface area contributed by atoms with E-state index in [0.29, 0.717) is 23.7 Å². The lowest BCUT2D eigenvalue weighted by Gasteiger charge is -2.27. The molecule has 0 saturated carbocycles. The number of hydrogen-bond donors (Lipinski definition) is 1. The lowest BCUT2D eigenvalue weighted by molar-refractivity contribution is -0.0317. The van der Waals surface area contributed by atoms with Crippen molar-refractivity contribution in [3.05, 3.63) is 5.82 Å². The number of urea groups is 1. The monoisotopic (exact) mass is 304 g/mol. The fourth-order valence-electron chi connectivity index (χ4n) is 2.53. The number of rotatable bonds is 3. The van der Waals surface area contributed by atoms with Gasteiger partial charge in [0.2, 0.25) is 0 Å². The highest BCUT2D eigenvalue weighted by atomic mass is 32.3. The highest BCUT2D eigenvalue weighted by Gasteiger charge is 2.48. The summed E-state index contributed by atoms with van der Waals surface area (Å²) >= 11 is 0. The molecule has 2 amide bonds. The van der Waals surface area contributed by atoms with Crippen molar-refractivity contribution in [3.63, 3.8) is 0 Å². The van der Waals surface area contributed by atoms with E-state index >= 15 is 0 Å². The first-order valence-electron chi connectivity index (χ1n) is 5.86. The van der Waals surface area contributed by atoms with Crippen LogP contribution in [0, 0.1) is 0 Å². The molecule has 0 spiro atoms. The van der Waals surface area contributed by atoms with Gasteiger partial charge in [-0.05, 0) is 18.1 Å². The van der Waals surface area contributed by atoms with Crippen LogP contribution in [0.4, 0.5) is 4.79 Å². The Morgan fingerprint density at radius 3 is 2.75 bits per heavy atom. The molecule has 2 aliphatic heterocycles. The minimum atomic E-state index is -4.73. The highest BCUT2D eigenvalue weighted by molar-refractivity contribution is 7.80. The minimum absolute atomic E-state index is 0.289. The highest BCUT2D eigenvalue weighted by Crippen LogP contribution is 2.37. The molecule has 110 valence electrons. The Morgan fingerprint density at radius 1 is 1.40 bits per heavy atom. The quantitative estimate of drug-likeness (QED) is 0.695. The van der Waals surface area contributed by atoms with Crippen molar-refractivity contribution in [2.24, 2.45) is 7.05 Å². The third kappa shape index (κ3) is 2.21. The maximum absolute atomic E-state index is 12.1. The summed E-state index contributed by atoms with van der Waals surface area (Å²) in [6.45, 7) is 0.289. The molecule has 2 saturated heterocycles. The second-order valence-electron chi connectivity index (χ2n) is 4.65. The number of hydrogen-bond acceptors (Lipinski definition) is 7. The molecule has 0 unspecified atom stereocenters. The molecule has 11 nitrogen and oxygen atoms in total. The molecule has 2 bridgehead atoms. The van der Waals surface area contributed by atoms with Crippen molar-refractivity contribution >= 4 is 16.4 Å². The van der Waals surface area contributed by atoms with Gasteiger partial charge in [0.15, 0.2) is 5.82 Å². The molecule has 0 aromatic carbocycles. The molecule has 1 N–H and O–H groups in total. The SMILES string of the molecule is Cn1nnc([C@H]2CC[C@@H]3CN2C(=O)N3OS(=O)(=O)O)n1. The van der Waals surface area contributed by atoms with Gasteiger partial charge in [-0.15, -0.1) is 14.5 Å². The molecular formula is C8H12N6O5S. The van der Waals surface area contributed by atoms with Crippen LogP contribution in [0.25, 0.3) is 0 Å². The molecule has 2 atom stereocenters. The predicted octanol–water partition coefficient (Wildman–Crippen LogP) is -1.11. The molecule has 0 radical (unpaired) electrons. The van der Waals surface area contributed by atoms with Gasteiger partial charge < -0.3 is 4.90 Å². The van der Waals surface area contributed by atoms with E-state index in [2.05, 4.69) is 19.7 Å². The van der Waals surface area contributed by atoms with Gasteiger partial charge in [-0.2, -0.15) is 18.3 Å². The Balaban J connectivity index is 1.84. The summed E-state index contributed by atoms with van der Waals surface area (Å²) in [4.78, 5) is 14.8. The molecule has 1 aromatic heterocycles. The van der Waals surface area contributed by atoms with E-state index in [1.807, 2.05) is 0 Å². The number of carbonyl (C=O) groups is 1. The van der Waals surface area contributed by atoms with Gasteiger partial charge in [-0.25, -0.2) is 4.79 Å². The van der Waals surface area contributed by atoms with Crippen molar-refractivity contribution in [1.29, 1.82) is 0 Å². The summed E-state index contributed by atoms with van der Waals surface area (Å²) in [5.41, 5.74) is 0. The van der Waals surface area contributed by atoms with E-state index in [4.69, 9.17) is 4.55 Å². The van der Waals surface area contributed by atoms with E-state index in [0.717, 1.165) is 0 Å². The third-order valence-corrected chi connectivity index (χ3v) is 3.67. The van der Waals surface area contributed by atoms with Gasteiger partial charge in [-0.3, -0.25) is 4.55 Å². The Bertz CT molecular complexity index is 644. The lowest BCUT2D eigenvalue weighted by atomic mass is 10.0. The van der Waals surface area contributed by atoms with E-state index < -0.39 is 22.5 Å². The molecule has 1 aromatic rings. The summed E-state index contributed by atoms with van der Waals surface area (Å²) in [6.07, 6.45) is 1.08. The van der Waals surface area contributed by atoms with Gasteiger partial charge in [0.1, 0.15) is 0 Å². The van der Waals surface area contributed by atoms with Crippen LogP contribution in [-0.4, -0.2) is 61.8 Å². The maximum atomic E-state index is 12.1. The number of aromatic nitrogens is 4. The standard InChI is InChI=1S/C8H12N6O5S/c1-12-10-7(9-11-12)6-3-2-5-4-13(6)8(15)14(5)19-20(16,17)18/h5-6H,2-4H2,1H3,(H,16,17,18)/t5-,6-/m1/s1. The van der Waals surface area contributed by atoms with Gasteiger partial charge in [-0.1, -0.05) is 0 Å². The Labute approximate surface area is 114 Å². The zero-order valence-electron chi connectivity index (χ0n) is 10.4. The normalized spacial score (nSPS) is 26.4. The lowest BCUT2D eigenvalue weighted by Crippen LogP contribution is -2.35. The third-order valence-electron chi connectivity index (χ3n) is 3.32. The number of piperidine rings is 1. The predicted molar refractivity (Wildman–Crippen MR) is 61.1 cm³/mol. The molecule has 12 heteroatoms. The number of fused-ring (bicyclic) bond motifs is 2. The summed E-state index contributed by atoms with van der Waals surface area (Å²) in [5.74, 6) is 0.396. The molecule has 2 aliphatic rings. The molecule has 2 fully saturated rings.